The number of ether oxygens (including phenoxy) is 1. The van der Waals surface area contributed by atoms with Crippen LogP contribution in [0.3, 0.4) is 0 Å². The van der Waals surface area contributed by atoms with Gasteiger partial charge in [0.1, 0.15) is 11.9 Å². The molecule has 0 amide bonds. The molecule has 0 aliphatic rings. The van der Waals surface area contributed by atoms with Gasteiger partial charge in [0, 0.05) is 15.8 Å². The van der Waals surface area contributed by atoms with E-state index in [1.807, 2.05) is 43.3 Å². The van der Waals surface area contributed by atoms with Crippen LogP contribution in [0.1, 0.15) is 19.8 Å². The number of nitrogens with zero attached hydrogens (tertiary/aromatic N) is 1. The molecule has 0 heterocycles. The molecule has 0 radical (unpaired) electrons. The van der Waals surface area contributed by atoms with Crippen LogP contribution in [-0.4, -0.2) is 6.10 Å². The van der Waals surface area contributed by atoms with Crippen LogP contribution in [0.5, 0.6) is 5.75 Å². The third-order valence-electron chi connectivity index (χ3n) is 2.90. The standard InChI is InChI=1S/C15H14ClNO/c1-2-11(9-10-17)18-15-8-7-14(16)12-5-3-4-6-13(12)15/h3-8,11H,2,9H2,1H3. The van der Waals surface area contributed by atoms with E-state index in [-0.39, 0.29) is 6.10 Å². The highest BCUT2D eigenvalue weighted by Crippen LogP contribution is 2.32. The molecule has 0 bridgehead atoms. The van der Waals surface area contributed by atoms with Gasteiger partial charge >= 0.3 is 0 Å². The lowest BCUT2D eigenvalue weighted by Gasteiger charge is -2.16. The monoisotopic (exact) mass is 259 g/mol. The van der Waals surface area contributed by atoms with Crippen molar-refractivity contribution in [3.63, 3.8) is 0 Å². The quantitative estimate of drug-likeness (QED) is 0.806. The van der Waals surface area contributed by atoms with Crippen LogP contribution in [-0.2, 0) is 0 Å². The summed E-state index contributed by atoms with van der Waals surface area (Å²) in [6, 6.07) is 13.7. The Hall–Kier alpha value is -1.72. The maximum Gasteiger partial charge on any atom is 0.127 e. The summed E-state index contributed by atoms with van der Waals surface area (Å²) >= 11 is 6.15. The summed E-state index contributed by atoms with van der Waals surface area (Å²) in [7, 11) is 0. The van der Waals surface area contributed by atoms with Gasteiger partial charge in [0.05, 0.1) is 12.5 Å². The van der Waals surface area contributed by atoms with Gasteiger partial charge in [-0.15, -0.1) is 0 Å². The Morgan fingerprint density at radius 2 is 1.94 bits per heavy atom. The second-order valence-corrected chi connectivity index (χ2v) is 4.51. The Morgan fingerprint density at radius 3 is 2.61 bits per heavy atom. The molecule has 2 nitrogen and oxygen atoms in total. The van der Waals surface area contributed by atoms with Crippen LogP contribution in [0.25, 0.3) is 10.8 Å². The molecule has 0 saturated carbocycles. The van der Waals surface area contributed by atoms with Crippen molar-refractivity contribution in [2.45, 2.75) is 25.9 Å². The summed E-state index contributed by atoms with van der Waals surface area (Å²) in [5.74, 6) is 0.789. The lowest BCUT2D eigenvalue weighted by atomic mass is 10.1. The Balaban J connectivity index is 2.40. The van der Waals surface area contributed by atoms with Crippen molar-refractivity contribution in [2.75, 3.05) is 0 Å². The molecule has 0 aliphatic carbocycles. The second-order valence-electron chi connectivity index (χ2n) is 4.10. The molecule has 2 rings (SSSR count). The van der Waals surface area contributed by atoms with E-state index in [1.54, 1.807) is 0 Å². The summed E-state index contributed by atoms with van der Waals surface area (Å²) in [5, 5.41) is 11.4. The molecule has 0 aliphatic heterocycles. The lowest BCUT2D eigenvalue weighted by Crippen LogP contribution is -2.14. The van der Waals surface area contributed by atoms with Crippen LogP contribution in [0.15, 0.2) is 36.4 Å². The largest absolute Gasteiger partial charge is 0.489 e. The van der Waals surface area contributed by atoms with Gasteiger partial charge in [0.2, 0.25) is 0 Å². The van der Waals surface area contributed by atoms with Gasteiger partial charge in [-0.25, -0.2) is 0 Å². The average molecular weight is 260 g/mol. The first kappa shape index (κ1) is 12.7. The SMILES string of the molecule is CCC(CC#N)Oc1ccc(Cl)c2ccccc12. The Kier molecular flexibility index (Phi) is 4.07. The minimum Gasteiger partial charge on any atom is -0.489 e. The predicted octanol–water partition coefficient (Wildman–Crippen LogP) is 4.56. The fourth-order valence-corrected chi connectivity index (χ4v) is 2.12. The van der Waals surface area contributed by atoms with Gasteiger partial charge in [-0.1, -0.05) is 42.8 Å². The molecule has 0 spiro atoms. The molecule has 0 fully saturated rings. The highest BCUT2D eigenvalue weighted by molar-refractivity contribution is 6.35. The Labute approximate surface area is 112 Å². The number of halogens is 1. The van der Waals surface area contributed by atoms with Crippen molar-refractivity contribution in [1.29, 1.82) is 5.26 Å². The van der Waals surface area contributed by atoms with E-state index in [2.05, 4.69) is 6.07 Å². The minimum atomic E-state index is -0.0698. The second kappa shape index (κ2) is 5.75. The molecule has 1 atom stereocenters. The third-order valence-corrected chi connectivity index (χ3v) is 3.23. The van der Waals surface area contributed by atoms with E-state index < -0.39 is 0 Å². The van der Waals surface area contributed by atoms with Crippen molar-refractivity contribution >= 4 is 22.4 Å². The Morgan fingerprint density at radius 1 is 1.22 bits per heavy atom. The topological polar surface area (TPSA) is 33.0 Å². The van der Waals surface area contributed by atoms with Gasteiger partial charge in [0.25, 0.3) is 0 Å². The number of hydrogen-bond donors (Lipinski definition) is 0. The van der Waals surface area contributed by atoms with Crippen LogP contribution in [0.2, 0.25) is 5.02 Å². The zero-order chi connectivity index (χ0) is 13.0. The Bertz CT molecular complexity index is 589. The highest BCUT2D eigenvalue weighted by Gasteiger charge is 2.11. The molecule has 92 valence electrons. The van der Waals surface area contributed by atoms with Gasteiger partial charge in [-0.05, 0) is 18.6 Å². The first-order valence-electron chi connectivity index (χ1n) is 5.97. The minimum absolute atomic E-state index is 0.0698. The molecule has 2 aromatic rings. The van der Waals surface area contributed by atoms with E-state index in [0.29, 0.717) is 11.4 Å². The lowest BCUT2D eigenvalue weighted by molar-refractivity contribution is 0.205. The zero-order valence-corrected chi connectivity index (χ0v) is 10.9. The fraction of sp³-hybridized carbons (Fsp3) is 0.267. The summed E-state index contributed by atoms with van der Waals surface area (Å²) in [6.07, 6.45) is 1.14. The zero-order valence-electron chi connectivity index (χ0n) is 10.2. The molecule has 18 heavy (non-hydrogen) atoms. The van der Waals surface area contributed by atoms with Crippen molar-refractivity contribution in [3.05, 3.63) is 41.4 Å². The molecular formula is C15H14ClNO. The maximum atomic E-state index is 8.75. The molecule has 1 unspecified atom stereocenters. The molecule has 0 saturated heterocycles. The first-order valence-corrected chi connectivity index (χ1v) is 6.35. The predicted molar refractivity (Wildman–Crippen MR) is 73.9 cm³/mol. The maximum absolute atomic E-state index is 8.75. The third kappa shape index (κ3) is 2.57. The molecule has 2 aromatic carbocycles. The van der Waals surface area contributed by atoms with Gasteiger partial charge < -0.3 is 4.74 Å². The summed E-state index contributed by atoms with van der Waals surface area (Å²) in [6.45, 7) is 2.01. The molecule has 3 heteroatoms. The normalized spacial score (nSPS) is 12.1. The number of fused-ring (bicyclic) bond motifs is 1. The first-order chi connectivity index (χ1) is 8.76. The van der Waals surface area contributed by atoms with E-state index >= 15 is 0 Å². The summed E-state index contributed by atoms with van der Waals surface area (Å²) in [5.41, 5.74) is 0. The van der Waals surface area contributed by atoms with Crippen molar-refractivity contribution < 1.29 is 4.74 Å². The molecule has 0 N–H and O–H groups in total. The van der Waals surface area contributed by atoms with E-state index in [1.165, 1.54) is 0 Å². The van der Waals surface area contributed by atoms with Crippen molar-refractivity contribution in [1.82, 2.24) is 0 Å². The number of hydrogen-bond acceptors (Lipinski definition) is 2. The van der Waals surface area contributed by atoms with Gasteiger partial charge in [-0.3, -0.25) is 0 Å². The summed E-state index contributed by atoms with van der Waals surface area (Å²) < 4.78 is 5.89. The average Bonchev–Trinajstić information content (AvgIpc) is 2.41. The van der Waals surface area contributed by atoms with Gasteiger partial charge in [0.15, 0.2) is 0 Å². The summed E-state index contributed by atoms with van der Waals surface area (Å²) in [4.78, 5) is 0. The van der Waals surface area contributed by atoms with E-state index in [4.69, 9.17) is 21.6 Å². The van der Waals surface area contributed by atoms with Gasteiger partial charge in [-0.2, -0.15) is 5.26 Å². The smallest absolute Gasteiger partial charge is 0.127 e. The fourth-order valence-electron chi connectivity index (χ4n) is 1.89. The van der Waals surface area contributed by atoms with Crippen LogP contribution in [0.4, 0.5) is 0 Å². The number of benzene rings is 2. The van der Waals surface area contributed by atoms with Crippen LogP contribution >= 0.6 is 11.6 Å². The molecule has 0 aromatic heterocycles. The van der Waals surface area contributed by atoms with E-state index in [0.717, 1.165) is 22.9 Å². The van der Waals surface area contributed by atoms with Crippen molar-refractivity contribution in [2.24, 2.45) is 0 Å². The number of rotatable bonds is 4. The van der Waals surface area contributed by atoms with Crippen molar-refractivity contribution in [3.8, 4) is 11.8 Å². The number of nitriles is 1. The van der Waals surface area contributed by atoms with Crippen LogP contribution in [0, 0.1) is 11.3 Å². The van der Waals surface area contributed by atoms with E-state index in [9.17, 15) is 0 Å². The highest BCUT2D eigenvalue weighted by atomic mass is 35.5. The molecular weight excluding hydrogens is 246 g/mol. The van der Waals surface area contributed by atoms with Crippen LogP contribution < -0.4 is 4.74 Å².